The number of likely N-dealkylation sites (tertiary alicyclic amines) is 1. The molecule has 1 atom stereocenters. The summed E-state index contributed by atoms with van der Waals surface area (Å²) in [4.78, 5) is 50.8. The fraction of sp³-hybridized carbons (Fsp3) is 0.296. The van der Waals surface area contributed by atoms with Crippen molar-refractivity contribution in [1.82, 2.24) is 15.2 Å². The highest BCUT2D eigenvalue weighted by molar-refractivity contribution is 6.06. The van der Waals surface area contributed by atoms with Gasteiger partial charge in [-0.2, -0.15) is 0 Å². The summed E-state index contributed by atoms with van der Waals surface area (Å²) in [6.45, 7) is 2.15. The molecule has 3 aromatic rings. The van der Waals surface area contributed by atoms with Crippen LogP contribution in [0.3, 0.4) is 0 Å². The number of primary amides is 1. The molecule has 1 saturated heterocycles. The first-order valence-electron chi connectivity index (χ1n) is 12.7. The quantitative estimate of drug-likeness (QED) is 0.0881. The Bertz CT molecular complexity index is 1430. The van der Waals surface area contributed by atoms with Crippen LogP contribution in [0.4, 0.5) is 5.69 Å². The maximum absolute atomic E-state index is 12.5. The minimum atomic E-state index is -1.02. The normalized spacial score (nSPS) is 14.6. The predicted molar refractivity (Wildman–Crippen MR) is 150 cm³/mol. The van der Waals surface area contributed by atoms with Crippen LogP contribution in [0.25, 0.3) is 10.9 Å². The summed E-state index contributed by atoms with van der Waals surface area (Å²) in [6, 6.07) is 12.8. The van der Waals surface area contributed by atoms with Crippen LogP contribution in [-0.2, 0) is 14.3 Å². The first-order chi connectivity index (χ1) is 19.5. The molecule has 1 unspecified atom stereocenters. The van der Waals surface area contributed by atoms with E-state index < -0.39 is 23.8 Å². The Hall–Kier alpha value is -5.11. The fourth-order valence-corrected chi connectivity index (χ4v) is 4.26. The molecule has 1 aliphatic heterocycles. The summed E-state index contributed by atoms with van der Waals surface area (Å²) in [5.41, 5.74) is 18.7. The second kappa shape index (κ2) is 13.8. The lowest BCUT2D eigenvalue weighted by Crippen LogP contribution is -2.50. The molecule has 0 spiro atoms. The maximum Gasteiger partial charge on any atom is 0.329 e. The fourth-order valence-electron chi connectivity index (χ4n) is 4.26. The van der Waals surface area contributed by atoms with Gasteiger partial charge in [-0.25, -0.2) is 4.79 Å². The third kappa shape index (κ3) is 7.95. The van der Waals surface area contributed by atoms with Gasteiger partial charge in [0.25, 0.3) is 11.8 Å². The molecule has 1 aromatic heterocycles. The van der Waals surface area contributed by atoms with Crippen molar-refractivity contribution in [2.24, 2.45) is 16.6 Å². The minimum absolute atomic E-state index is 0.0637. The van der Waals surface area contributed by atoms with Gasteiger partial charge in [-0.05, 0) is 38.0 Å². The van der Waals surface area contributed by atoms with E-state index >= 15 is 0 Å². The minimum Gasteiger partial charge on any atom is -0.480 e. The molecule has 2 heterocycles. The van der Waals surface area contributed by atoms with Gasteiger partial charge in [-0.15, -0.1) is 0 Å². The number of carbonyl (C=O) groups excluding carboxylic acids is 3. The van der Waals surface area contributed by atoms with Gasteiger partial charge in [0.2, 0.25) is 5.91 Å². The zero-order chi connectivity index (χ0) is 30.1. The number of aromatic amines is 1. The van der Waals surface area contributed by atoms with Crippen LogP contribution >= 0.6 is 0 Å². The number of anilines is 1. The van der Waals surface area contributed by atoms with Gasteiger partial charge in [0.05, 0.1) is 11.8 Å². The van der Waals surface area contributed by atoms with Crippen molar-refractivity contribution < 1.29 is 34.2 Å². The number of nitrogen functional groups attached to an aromatic ring is 1. The van der Waals surface area contributed by atoms with Crippen LogP contribution < -0.4 is 22.5 Å². The number of nitrogens with zero attached hydrogens (tertiary/aromatic N) is 2. The van der Waals surface area contributed by atoms with Crippen molar-refractivity contribution in [2.75, 3.05) is 25.4 Å². The van der Waals surface area contributed by atoms with Crippen molar-refractivity contribution in [3.8, 4) is 0 Å². The average molecular weight is 568 g/mol. The number of amides is 3. The average Bonchev–Trinajstić information content (AvgIpc) is 3.32. The standard InChI is InChI=1S/C18H24N4O6.C9H9N3O/c1-11(18(26)22-8-6-14(7-9-22)28-10-15(23)24)20-17(25)13-4-2-12(3-5-13)16(19)21-27;10-7-5-3-1-2-4-6(5)12-8(7)9(11)13/h2-5,11,14,27H,6-10H2,1H3,(H2,19,21)(H,20,25)(H,23,24);1-4,12H,10H2,(H2,11,13). The topological polar surface area (TPSA) is 239 Å². The monoisotopic (exact) mass is 567 g/mol. The summed E-state index contributed by atoms with van der Waals surface area (Å²) in [6.07, 6.45) is 0.919. The molecule has 1 aliphatic rings. The van der Waals surface area contributed by atoms with E-state index in [2.05, 4.69) is 15.5 Å². The van der Waals surface area contributed by atoms with E-state index in [9.17, 15) is 19.2 Å². The Morgan fingerprint density at radius 3 is 2.24 bits per heavy atom. The lowest BCUT2D eigenvalue weighted by molar-refractivity contribution is -0.147. The lowest BCUT2D eigenvalue weighted by atomic mass is 10.1. The number of amidine groups is 1. The van der Waals surface area contributed by atoms with E-state index in [-0.39, 0.29) is 30.1 Å². The number of rotatable bonds is 8. The number of benzene rings is 2. The summed E-state index contributed by atoms with van der Waals surface area (Å²) >= 11 is 0. The van der Waals surface area contributed by atoms with Gasteiger partial charge in [0.1, 0.15) is 18.3 Å². The number of ether oxygens (including phenoxy) is 1. The SMILES string of the molecule is CC(NC(=O)c1ccc(/C(N)=N/O)cc1)C(=O)N1CCC(OCC(=O)O)CC1.NC(=O)c1[nH]c2ccccc2c1N. The molecule has 0 radical (unpaired) electrons. The Morgan fingerprint density at radius 1 is 1.07 bits per heavy atom. The molecular weight excluding hydrogens is 534 g/mol. The molecule has 10 N–H and O–H groups in total. The Kier molecular flexibility index (Phi) is 10.2. The Labute approximate surface area is 235 Å². The van der Waals surface area contributed by atoms with Crippen LogP contribution in [0.2, 0.25) is 0 Å². The highest BCUT2D eigenvalue weighted by Gasteiger charge is 2.27. The maximum atomic E-state index is 12.5. The van der Waals surface area contributed by atoms with E-state index in [1.54, 1.807) is 24.0 Å². The number of para-hydroxylation sites is 1. The summed E-state index contributed by atoms with van der Waals surface area (Å²) in [7, 11) is 0. The number of aliphatic carboxylic acids is 1. The molecule has 1 fully saturated rings. The van der Waals surface area contributed by atoms with Crippen molar-refractivity contribution in [2.45, 2.75) is 31.9 Å². The molecule has 0 aliphatic carbocycles. The van der Waals surface area contributed by atoms with Gasteiger partial charge in [-0.1, -0.05) is 35.5 Å². The van der Waals surface area contributed by atoms with E-state index in [1.165, 1.54) is 12.1 Å². The number of hydrogen-bond acceptors (Lipinski definition) is 8. The molecule has 14 nitrogen and oxygen atoms in total. The first-order valence-corrected chi connectivity index (χ1v) is 12.7. The number of hydrogen-bond donors (Lipinski definition) is 7. The van der Waals surface area contributed by atoms with Gasteiger partial charge >= 0.3 is 5.97 Å². The number of nitrogens with two attached hydrogens (primary N) is 3. The number of carboxylic acids is 1. The summed E-state index contributed by atoms with van der Waals surface area (Å²) < 4.78 is 5.25. The van der Waals surface area contributed by atoms with Gasteiger partial charge in [0.15, 0.2) is 5.84 Å². The Morgan fingerprint density at radius 2 is 1.68 bits per heavy atom. The van der Waals surface area contributed by atoms with Gasteiger partial charge in [0, 0.05) is 35.1 Å². The molecular formula is C27H33N7O7. The molecule has 2 aromatic carbocycles. The first kappa shape index (κ1) is 30.4. The van der Waals surface area contributed by atoms with E-state index in [0.717, 1.165) is 10.9 Å². The molecule has 218 valence electrons. The van der Waals surface area contributed by atoms with Crippen LogP contribution in [0.5, 0.6) is 0 Å². The highest BCUT2D eigenvalue weighted by atomic mass is 16.5. The number of aromatic nitrogens is 1. The van der Waals surface area contributed by atoms with Crippen LogP contribution in [0, 0.1) is 0 Å². The number of fused-ring (bicyclic) bond motifs is 1. The van der Waals surface area contributed by atoms with E-state index in [0.29, 0.717) is 42.7 Å². The van der Waals surface area contributed by atoms with E-state index in [4.69, 9.17) is 32.3 Å². The molecule has 14 heteroatoms. The zero-order valence-corrected chi connectivity index (χ0v) is 22.4. The number of nitrogens with one attached hydrogen (secondary N) is 2. The van der Waals surface area contributed by atoms with Crippen molar-refractivity contribution in [3.63, 3.8) is 0 Å². The second-order valence-corrected chi connectivity index (χ2v) is 9.31. The lowest BCUT2D eigenvalue weighted by Gasteiger charge is -2.33. The summed E-state index contributed by atoms with van der Waals surface area (Å²) in [5, 5.41) is 23.7. The molecule has 3 amide bonds. The van der Waals surface area contributed by atoms with Gasteiger partial charge < -0.3 is 47.5 Å². The number of oxime groups is 1. The second-order valence-electron chi connectivity index (χ2n) is 9.31. The van der Waals surface area contributed by atoms with Crippen LogP contribution in [0.15, 0.2) is 53.7 Å². The predicted octanol–water partition coefficient (Wildman–Crippen LogP) is 0.841. The summed E-state index contributed by atoms with van der Waals surface area (Å²) in [5.74, 6) is -2.24. The molecule has 0 saturated carbocycles. The van der Waals surface area contributed by atoms with Crippen molar-refractivity contribution in [1.29, 1.82) is 0 Å². The third-order valence-electron chi connectivity index (χ3n) is 6.46. The van der Waals surface area contributed by atoms with Crippen molar-refractivity contribution in [3.05, 3.63) is 65.4 Å². The van der Waals surface area contributed by atoms with Gasteiger partial charge in [-0.3, -0.25) is 14.4 Å². The number of piperidine rings is 1. The molecule has 41 heavy (non-hydrogen) atoms. The third-order valence-corrected chi connectivity index (χ3v) is 6.46. The number of H-pyrrole nitrogens is 1. The van der Waals surface area contributed by atoms with Crippen molar-refractivity contribution >= 4 is 46.1 Å². The smallest absolute Gasteiger partial charge is 0.329 e. The van der Waals surface area contributed by atoms with E-state index in [1.807, 2.05) is 24.3 Å². The largest absolute Gasteiger partial charge is 0.480 e. The zero-order valence-electron chi connectivity index (χ0n) is 22.4. The van der Waals surface area contributed by atoms with Crippen LogP contribution in [0.1, 0.15) is 46.2 Å². The number of carbonyl (C=O) groups is 4. The highest BCUT2D eigenvalue weighted by Crippen LogP contribution is 2.23. The Balaban J connectivity index is 0.000000294. The molecule has 0 bridgehead atoms. The molecule has 4 rings (SSSR count). The van der Waals surface area contributed by atoms with Crippen LogP contribution in [-0.4, -0.2) is 81.6 Å². The number of carboxylic acid groups (broad SMARTS) is 1.